The van der Waals surface area contributed by atoms with Gasteiger partial charge in [0.1, 0.15) is 17.2 Å². The summed E-state index contributed by atoms with van der Waals surface area (Å²) in [6, 6.07) is 12.7. The van der Waals surface area contributed by atoms with Gasteiger partial charge >= 0.3 is 13.8 Å². The third kappa shape index (κ3) is 9.22. The topological polar surface area (TPSA) is 82.1 Å². The van der Waals surface area contributed by atoms with Crippen LogP contribution in [0.15, 0.2) is 36.4 Å². The highest BCUT2D eigenvalue weighted by molar-refractivity contribution is 7.50. The molecule has 0 amide bonds. The minimum Gasteiger partial charge on any atom is -0.507 e. The van der Waals surface area contributed by atoms with Gasteiger partial charge in [0.2, 0.25) is 0 Å². The van der Waals surface area contributed by atoms with Gasteiger partial charge in [0.05, 0.1) is 6.42 Å². The van der Waals surface area contributed by atoms with Gasteiger partial charge in [0.15, 0.2) is 0 Å². The molecule has 0 saturated carbocycles. The summed E-state index contributed by atoms with van der Waals surface area (Å²) in [5.41, 5.74) is 6.58. The van der Waals surface area contributed by atoms with Crippen LogP contribution >= 0.6 is 7.82 Å². The Bertz CT molecular complexity index is 1870. The maximum Gasteiger partial charge on any atom is 0.649 e. The Labute approximate surface area is 340 Å². The van der Waals surface area contributed by atoms with E-state index >= 15 is 4.57 Å². The molecule has 1 aliphatic heterocycles. The van der Waals surface area contributed by atoms with Crippen LogP contribution < -0.4 is 9.05 Å². The van der Waals surface area contributed by atoms with Gasteiger partial charge in [-0.15, -0.1) is 0 Å². The summed E-state index contributed by atoms with van der Waals surface area (Å²) in [6.07, 6.45) is 3.71. The summed E-state index contributed by atoms with van der Waals surface area (Å²) in [5, 5.41) is 11.3. The number of carbonyl (C=O) groups excluding carboxylic acids is 1. The summed E-state index contributed by atoms with van der Waals surface area (Å²) < 4.78 is 34.5. The van der Waals surface area contributed by atoms with Crippen LogP contribution in [0.1, 0.15) is 196 Å². The number of carbonyl (C=O) groups is 1. The SMILES string of the molecule is CCC(C)(C)c1cc2c(c(C(C)(C)CC)c1)OP(=O)(OC(=O)CCc1cc(C(C)(C)C)c(O)c(C(C)(C)C)c1)Oc1c-2cc(C(C)(C)CC)cc1C(C)(C)CC. The largest absolute Gasteiger partial charge is 0.649 e. The number of phosphoric ester groups is 1. The van der Waals surface area contributed by atoms with Crippen molar-refractivity contribution in [2.24, 2.45) is 0 Å². The molecule has 0 aliphatic carbocycles. The second kappa shape index (κ2) is 15.5. The van der Waals surface area contributed by atoms with Crippen LogP contribution in [-0.4, -0.2) is 11.1 Å². The van der Waals surface area contributed by atoms with E-state index in [2.05, 4.69) is 149 Å². The number of phosphoric acid groups is 1. The molecular weight excluding hydrogens is 716 g/mol. The highest BCUT2D eigenvalue weighted by Gasteiger charge is 2.45. The fourth-order valence-electron chi connectivity index (χ4n) is 7.11. The van der Waals surface area contributed by atoms with Gasteiger partial charge in [-0.2, -0.15) is 4.57 Å². The predicted octanol–water partition coefficient (Wildman–Crippen LogP) is 14.5. The minimum atomic E-state index is -4.61. The van der Waals surface area contributed by atoms with Gasteiger partial charge < -0.3 is 18.7 Å². The third-order valence-electron chi connectivity index (χ3n) is 13.0. The highest BCUT2D eigenvalue weighted by atomic mass is 31.2. The zero-order valence-corrected chi connectivity index (χ0v) is 39.0. The Kier molecular flexibility index (Phi) is 12.6. The number of phenols is 1. The first-order chi connectivity index (χ1) is 25.5. The summed E-state index contributed by atoms with van der Waals surface area (Å²) in [4.78, 5) is 14.0. The number of benzene rings is 3. The summed E-state index contributed by atoms with van der Waals surface area (Å²) in [6.45, 7) is 38.8. The summed E-state index contributed by atoms with van der Waals surface area (Å²) in [7, 11) is -4.61. The average molecular weight is 789 g/mol. The molecule has 1 heterocycles. The van der Waals surface area contributed by atoms with Crippen LogP contribution in [0.25, 0.3) is 11.1 Å². The van der Waals surface area contributed by atoms with Crippen LogP contribution in [-0.2, 0) is 52.8 Å². The fraction of sp³-hybridized carbons (Fsp3) is 0.612. The van der Waals surface area contributed by atoms with Gasteiger partial charge in [-0.05, 0) is 105 Å². The van der Waals surface area contributed by atoms with Crippen LogP contribution in [0.5, 0.6) is 17.2 Å². The molecular formula is C49H73O6P. The molecule has 0 radical (unpaired) electrons. The molecule has 0 spiro atoms. The lowest BCUT2D eigenvalue weighted by molar-refractivity contribution is -0.135. The lowest BCUT2D eigenvalue weighted by Gasteiger charge is -2.32. The number of aromatic hydroxyl groups is 1. The van der Waals surface area contributed by atoms with Gasteiger partial charge in [0, 0.05) is 22.3 Å². The van der Waals surface area contributed by atoms with Crippen molar-refractivity contribution < 1.29 is 28.0 Å². The molecule has 1 aliphatic rings. The van der Waals surface area contributed by atoms with Crippen LogP contribution in [0.2, 0.25) is 0 Å². The molecule has 56 heavy (non-hydrogen) atoms. The Morgan fingerprint density at radius 3 is 1.25 bits per heavy atom. The molecule has 3 aromatic rings. The lowest BCUT2D eigenvalue weighted by atomic mass is 9.72. The first-order valence-electron chi connectivity index (χ1n) is 20.9. The molecule has 0 atom stereocenters. The number of fused-ring (bicyclic) bond motifs is 3. The zero-order chi connectivity index (χ0) is 42.6. The first kappa shape index (κ1) is 45.5. The van der Waals surface area contributed by atoms with Crippen LogP contribution in [0.3, 0.4) is 0 Å². The van der Waals surface area contributed by atoms with E-state index in [1.165, 1.54) is 0 Å². The monoisotopic (exact) mass is 789 g/mol. The molecule has 0 aromatic heterocycles. The predicted molar refractivity (Wildman–Crippen MR) is 234 cm³/mol. The first-order valence-corrected chi connectivity index (χ1v) is 22.4. The zero-order valence-electron chi connectivity index (χ0n) is 38.1. The molecule has 0 saturated heterocycles. The maximum absolute atomic E-state index is 15.3. The van der Waals surface area contributed by atoms with Crippen LogP contribution in [0, 0.1) is 0 Å². The van der Waals surface area contributed by atoms with E-state index < -0.39 is 13.8 Å². The number of phenolic OH excluding ortho intramolecular Hbond substituents is 1. The second-order valence-corrected chi connectivity index (χ2v) is 22.3. The Hall–Kier alpha value is -3.24. The number of hydrogen-bond donors (Lipinski definition) is 1. The molecule has 310 valence electrons. The van der Waals surface area contributed by atoms with E-state index in [-0.39, 0.29) is 44.7 Å². The van der Waals surface area contributed by atoms with Gasteiger partial charge in [0.25, 0.3) is 0 Å². The molecule has 1 N–H and O–H groups in total. The smallest absolute Gasteiger partial charge is 0.507 e. The molecule has 0 bridgehead atoms. The van der Waals surface area contributed by atoms with Crippen molar-refractivity contribution in [3.63, 3.8) is 0 Å². The van der Waals surface area contributed by atoms with Gasteiger partial charge in [-0.1, -0.05) is 149 Å². The summed E-state index contributed by atoms with van der Waals surface area (Å²) in [5.74, 6) is 0.488. The molecule has 3 aromatic carbocycles. The summed E-state index contributed by atoms with van der Waals surface area (Å²) >= 11 is 0. The van der Waals surface area contributed by atoms with Crippen molar-refractivity contribution in [2.45, 2.75) is 196 Å². The number of hydrogen-bond acceptors (Lipinski definition) is 6. The molecule has 7 heteroatoms. The van der Waals surface area contributed by atoms with Crippen molar-refractivity contribution in [3.05, 3.63) is 75.3 Å². The van der Waals surface area contributed by atoms with Gasteiger partial charge in [-0.3, -0.25) is 4.79 Å². The van der Waals surface area contributed by atoms with E-state index in [9.17, 15) is 9.90 Å². The van der Waals surface area contributed by atoms with Crippen LogP contribution in [0.4, 0.5) is 0 Å². The Morgan fingerprint density at radius 2 is 0.929 bits per heavy atom. The average Bonchev–Trinajstić information content (AvgIpc) is 3.22. The normalized spacial score (nSPS) is 15.0. The third-order valence-corrected chi connectivity index (χ3v) is 14.3. The molecule has 0 unspecified atom stereocenters. The van der Waals surface area contributed by atoms with Crippen molar-refractivity contribution >= 4 is 13.8 Å². The van der Waals surface area contributed by atoms with E-state index in [0.29, 0.717) is 17.9 Å². The van der Waals surface area contributed by atoms with Gasteiger partial charge in [-0.25, -0.2) is 0 Å². The lowest BCUT2D eigenvalue weighted by Crippen LogP contribution is -2.22. The standard InChI is InChI=1S/C49H73O6P/c1-19-46(11,12)32-27-34-35-28-33(47(13,14)20-2)30-39(49(17,18)22-4)43(35)55-56(52,54-42(34)38(29-32)48(15,16)21-3)53-40(50)24-23-31-25-36(44(5,6)7)41(51)37(26-31)45(8,9)10/h25-30,51H,19-24H2,1-18H3. The van der Waals surface area contributed by atoms with Crippen molar-refractivity contribution in [3.8, 4) is 28.4 Å². The quantitative estimate of drug-likeness (QED) is 0.184. The van der Waals surface area contributed by atoms with Crippen molar-refractivity contribution in [1.29, 1.82) is 0 Å². The number of aryl methyl sites for hydroxylation is 1. The van der Waals surface area contributed by atoms with E-state index in [0.717, 1.165) is 75.8 Å². The highest BCUT2D eigenvalue weighted by Crippen LogP contribution is 2.62. The second-order valence-electron chi connectivity index (χ2n) is 20.9. The maximum atomic E-state index is 15.3. The molecule has 0 fully saturated rings. The van der Waals surface area contributed by atoms with E-state index in [1.807, 2.05) is 12.1 Å². The van der Waals surface area contributed by atoms with E-state index in [1.54, 1.807) is 0 Å². The van der Waals surface area contributed by atoms with Crippen molar-refractivity contribution in [1.82, 2.24) is 0 Å². The Balaban J connectivity index is 1.97. The fourth-order valence-corrected chi connectivity index (χ4v) is 8.40. The molecule has 6 nitrogen and oxygen atoms in total. The van der Waals surface area contributed by atoms with Crippen molar-refractivity contribution in [2.75, 3.05) is 0 Å². The van der Waals surface area contributed by atoms with E-state index in [4.69, 9.17) is 13.6 Å². The molecule has 4 rings (SSSR count). The Morgan fingerprint density at radius 1 is 0.571 bits per heavy atom. The number of rotatable bonds is 12. The minimum absolute atomic E-state index is 0.0533.